The Morgan fingerprint density at radius 2 is 2.19 bits per heavy atom. The van der Waals surface area contributed by atoms with E-state index < -0.39 is 0 Å². The number of pyridine rings is 1. The van der Waals surface area contributed by atoms with Crippen molar-refractivity contribution in [1.82, 2.24) is 9.88 Å². The van der Waals surface area contributed by atoms with Crippen molar-refractivity contribution >= 4 is 11.6 Å². The number of likely N-dealkylation sites (N-methyl/N-ethyl adjacent to an activating group) is 1. The van der Waals surface area contributed by atoms with Crippen LogP contribution in [-0.2, 0) is 0 Å². The van der Waals surface area contributed by atoms with Crippen LogP contribution in [0.4, 0.5) is 11.6 Å². The van der Waals surface area contributed by atoms with Crippen molar-refractivity contribution in [3.8, 4) is 0 Å². The Morgan fingerprint density at radius 1 is 1.38 bits per heavy atom. The zero-order valence-corrected chi connectivity index (χ0v) is 10.3. The van der Waals surface area contributed by atoms with Gasteiger partial charge in [0, 0.05) is 32.7 Å². The predicted molar refractivity (Wildman–Crippen MR) is 68.1 cm³/mol. The highest BCUT2D eigenvalue weighted by atomic mass is 15.3. The summed E-state index contributed by atoms with van der Waals surface area (Å²) in [6.45, 7) is 5.52. The van der Waals surface area contributed by atoms with Crippen molar-refractivity contribution < 1.29 is 0 Å². The van der Waals surface area contributed by atoms with Crippen molar-refractivity contribution in [2.45, 2.75) is 13.0 Å². The Hall–Kier alpha value is -1.29. The van der Waals surface area contributed by atoms with E-state index in [-0.39, 0.29) is 0 Å². The molecule has 1 fully saturated rings. The molecule has 1 aromatic heterocycles. The van der Waals surface area contributed by atoms with E-state index in [1.54, 1.807) is 0 Å². The number of piperazine rings is 1. The lowest BCUT2D eigenvalue weighted by Crippen LogP contribution is -2.50. The SMILES string of the molecule is CNc1cccc(N2CCN(C)CC2C)n1. The van der Waals surface area contributed by atoms with E-state index in [2.05, 4.69) is 46.2 Å². The van der Waals surface area contributed by atoms with Crippen LogP contribution in [0.1, 0.15) is 6.92 Å². The first-order valence-electron chi connectivity index (χ1n) is 5.80. The van der Waals surface area contributed by atoms with Crippen LogP contribution in [0, 0.1) is 0 Å². The zero-order valence-electron chi connectivity index (χ0n) is 10.3. The third kappa shape index (κ3) is 2.27. The van der Waals surface area contributed by atoms with Crippen molar-refractivity contribution in [3.63, 3.8) is 0 Å². The molecule has 1 unspecified atom stereocenters. The highest BCUT2D eigenvalue weighted by Crippen LogP contribution is 2.19. The van der Waals surface area contributed by atoms with Crippen molar-refractivity contribution in [2.75, 3.05) is 43.9 Å². The number of rotatable bonds is 2. The van der Waals surface area contributed by atoms with Gasteiger partial charge in [-0.3, -0.25) is 0 Å². The Balaban J connectivity index is 2.16. The van der Waals surface area contributed by atoms with Crippen LogP contribution in [0.5, 0.6) is 0 Å². The molecular formula is C12H20N4. The zero-order chi connectivity index (χ0) is 11.5. The molecule has 16 heavy (non-hydrogen) atoms. The number of hydrogen-bond acceptors (Lipinski definition) is 4. The largest absolute Gasteiger partial charge is 0.373 e. The predicted octanol–water partition coefficient (Wildman–Crippen LogP) is 1.26. The molecule has 1 aliphatic heterocycles. The average Bonchev–Trinajstić information content (AvgIpc) is 2.29. The molecule has 0 saturated carbocycles. The maximum Gasteiger partial charge on any atom is 0.131 e. The summed E-state index contributed by atoms with van der Waals surface area (Å²) in [5.41, 5.74) is 0. The Kier molecular flexibility index (Phi) is 3.29. The second-order valence-corrected chi connectivity index (χ2v) is 4.44. The van der Waals surface area contributed by atoms with Gasteiger partial charge in [-0.05, 0) is 26.1 Å². The van der Waals surface area contributed by atoms with Gasteiger partial charge in [-0.25, -0.2) is 4.98 Å². The molecule has 0 bridgehead atoms. The van der Waals surface area contributed by atoms with Gasteiger partial charge < -0.3 is 15.1 Å². The van der Waals surface area contributed by atoms with Gasteiger partial charge in [0.05, 0.1) is 0 Å². The molecule has 0 aromatic carbocycles. The fraction of sp³-hybridized carbons (Fsp3) is 0.583. The summed E-state index contributed by atoms with van der Waals surface area (Å²) >= 11 is 0. The molecule has 2 heterocycles. The molecule has 1 saturated heterocycles. The average molecular weight is 220 g/mol. The van der Waals surface area contributed by atoms with Crippen LogP contribution in [0.3, 0.4) is 0 Å². The lowest BCUT2D eigenvalue weighted by atomic mass is 10.2. The number of hydrogen-bond donors (Lipinski definition) is 1. The third-order valence-corrected chi connectivity index (χ3v) is 3.12. The van der Waals surface area contributed by atoms with E-state index in [4.69, 9.17) is 0 Å². The normalized spacial score (nSPS) is 22.2. The fourth-order valence-electron chi connectivity index (χ4n) is 2.20. The summed E-state index contributed by atoms with van der Waals surface area (Å²) < 4.78 is 0. The summed E-state index contributed by atoms with van der Waals surface area (Å²) in [4.78, 5) is 9.33. The summed E-state index contributed by atoms with van der Waals surface area (Å²) in [6.07, 6.45) is 0. The van der Waals surface area contributed by atoms with Crippen LogP contribution in [-0.4, -0.2) is 49.7 Å². The number of nitrogens with zero attached hydrogens (tertiary/aromatic N) is 3. The molecule has 1 N–H and O–H groups in total. The Labute approximate surface area is 97.3 Å². The van der Waals surface area contributed by atoms with Crippen LogP contribution < -0.4 is 10.2 Å². The van der Waals surface area contributed by atoms with Crippen molar-refractivity contribution in [3.05, 3.63) is 18.2 Å². The minimum Gasteiger partial charge on any atom is -0.373 e. The molecule has 0 spiro atoms. The van der Waals surface area contributed by atoms with Crippen LogP contribution in [0.25, 0.3) is 0 Å². The van der Waals surface area contributed by atoms with Crippen LogP contribution in [0.2, 0.25) is 0 Å². The number of anilines is 2. The summed E-state index contributed by atoms with van der Waals surface area (Å²) in [5.74, 6) is 2.01. The van der Waals surface area contributed by atoms with E-state index in [9.17, 15) is 0 Å². The topological polar surface area (TPSA) is 31.4 Å². The minimum atomic E-state index is 0.526. The van der Waals surface area contributed by atoms with E-state index >= 15 is 0 Å². The van der Waals surface area contributed by atoms with Gasteiger partial charge in [0.1, 0.15) is 11.6 Å². The van der Waals surface area contributed by atoms with Crippen LogP contribution in [0.15, 0.2) is 18.2 Å². The molecule has 4 nitrogen and oxygen atoms in total. The summed E-state index contributed by atoms with van der Waals surface area (Å²) in [6, 6.07) is 6.66. The maximum atomic E-state index is 4.59. The molecular weight excluding hydrogens is 200 g/mol. The van der Waals surface area contributed by atoms with Gasteiger partial charge in [0.2, 0.25) is 0 Å². The summed E-state index contributed by atoms with van der Waals surface area (Å²) in [7, 11) is 4.07. The van der Waals surface area contributed by atoms with E-state index in [0.29, 0.717) is 6.04 Å². The highest BCUT2D eigenvalue weighted by molar-refractivity contribution is 5.47. The molecule has 0 radical (unpaired) electrons. The first kappa shape index (κ1) is 11.2. The standard InChI is InChI=1S/C12H20N4/c1-10-9-15(3)7-8-16(10)12-6-4-5-11(13-2)14-12/h4-6,10H,7-9H2,1-3H3,(H,13,14). The highest BCUT2D eigenvalue weighted by Gasteiger charge is 2.22. The fourth-order valence-corrected chi connectivity index (χ4v) is 2.20. The van der Waals surface area contributed by atoms with Gasteiger partial charge in [0.25, 0.3) is 0 Å². The van der Waals surface area contributed by atoms with Crippen molar-refractivity contribution in [1.29, 1.82) is 0 Å². The monoisotopic (exact) mass is 220 g/mol. The van der Waals surface area contributed by atoms with Gasteiger partial charge >= 0.3 is 0 Å². The van der Waals surface area contributed by atoms with E-state index in [1.807, 2.05) is 13.1 Å². The smallest absolute Gasteiger partial charge is 0.131 e. The molecule has 0 amide bonds. The summed E-state index contributed by atoms with van der Waals surface area (Å²) in [5, 5.41) is 3.08. The van der Waals surface area contributed by atoms with Crippen molar-refractivity contribution in [2.24, 2.45) is 0 Å². The van der Waals surface area contributed by atoms with Gasteiger partial charge in [-0.15, -0.1) is 0 Å². The molecule has 1 atom stereocenters. The maximum absolute atomic E-state index is 4.59. The Bertz CT molecular complexity index is 353. The van der Waals surface area contributed by atoms with Gasteiger partial charge in [-0.1, -0.05) is 6.07 Å². The number of nitrogens with one attached hydrogen (secondary N) is 1. The third-order valence-electron chi connectivity index (χ3n) is 3.12. The lowest BCUT2D eigenvalue weighted by molar-refractivity contribution is 0.274. The second-order valence-electron chi connectivity index (χ2n) is 4.44. The van der Waals surface area contributed by atoms with Gasteiger partial charge in [-0.2, -0.15) is 0 Å². The molecule has 88 valence electrons. The Morgan fingerprint density at radius 3 is 2.88 bits per heavy atom. The molecule has 4 heteroatoms. The molecule has 1 aromatic rings. The van der Waals surface area contributed by atoms with E-state index in [1.165, 1.54) is 0 Å². The quantitative estimate of drug-likeness (QED) is 0.813. The first-order chi connectivity index (χ1) is 7.70. The van der Waals surface area contributed by atoms with E-state index in [0.717, 1.165) is 31.3 Å². The number of aromatic nitrogens is 1. The second kappa shape index (κ2) is 4.70. The lowest BCUT2D eigenvalue weighted by Gasteiger charge is -2.39. The molecule has 0 aliphatic carbocycles. The molecule has 2 rings (SSSR count). The van der Waals surface area contributed by atoms with Gasteiger partial charge in [0.15, 0.2) is 0 Å². The first-order valence-corrected chi connectivity index (χ1v) is 5.80. The molecule has 1 aliphatic rings. The minimum absolute atomic E-state index is 0.526. The van der Waals surface area contributed by atoms with Crippen LogP contribution >= 0.6 is 0 Å².